The minimum absolute atomic E-state index is 0.00793. The Morgan fingerprint density at radius 3 is 2.44 bits per heavy atom. The largest absolute Gasteiger partial charge is 0.497 e. The monoisotopic (exact) mass is 462 g/mol. The highest BCUT2D eigenvalue weighted by Gasteiger charge is 2.40. The molecule has 0 fully saturated rings. The first kappa shape index (κ1) is 21.8. The topological polar surface area (TPSA) is 96.7 Å². The molecule has 1 aromatic heterocycles. The van der Waals surface area contributed by atoms with Crippen molar-refractivity contribution in [2.75, 3.05) is 33.8 Å². The predicted molar refractivity (Wildman–Crippen MR) is 125 cm³/mol. The van der Waals surface area contributed by atoms with E-state index in [1.54, 1.807) is 33.1 Å². The predicted octanol–water partition coefficient (Wildman–Crippen LogP) is 3.73. The average molecular weight is 463 g/mol. The molecule has 2 aliphatic rings. The van der Waals surface area contributed by atoms with Crippen LogP contribution in [0, 0.1) is 0 Å². The molecule has 9 nitrogen and oxygen atoms in total. The number of rotatable bonds is 6. The smallest absolute Gasteiger partial charge is 0.226 e. The summed E-state index contributed by atoms with van der Waals surface area (Å²) in [5, 5.41) is 7.76. The second-order valence-electron chi connectivity index (χ2n) is 8.20. The fraction of sp³-hybridized carbons (Fsp3) is 0.320. The van der Waals surface area contributed by atoms with E-state index in [0.29, 0.717) is 47.4 Å². The fourth-order valence-corrected chi connectivity index (χ4v) is 4.83. The van der Waals surface area contributed by atoms with Gasteiger partial charge in [0.15, 0.2) is 17.3 Å². The maximum atomic E-state index is 13.6. The molecule has 1 aliphatic heterocycles. The van der Waals surface area contributed by atoms with Crippen molar-refractivity contribution < 1.29 is 23.7 Å². The Bertz CT molecular complexity index is 1280. The number of nitrogens with one attached hydrogen (secondary N) is 1. The first-order valence-corrected chi connectivity index (χ1v) is 10.9. The third-order valence-electron chi connectivity index (χ3n) is 6.48. The SMILES string of the molecule is COc1ccc([C@H]2C3=C(C[C@@H](c4ccc(OC)c(OC)c4)CC3=O)Nc3ncnn32)c(OC)c1. The minimum Gasteiger partial charge on any atom is -0.497 e. The molecule has 0 amide bonds. The summed E-state index contributed by atoms with van der Waals surface area (Å²) in [7, 11) is 6.42. The van der Waals surface area contributed by atoms with Crippen LogP contribution in [-0.2, 0) is 4.79 Å². The van der Waals surface area contributed by atoms with Crippen molar-refractivity contribution in [2.24, 2.45) is 0 Å². The summed E-state index contributed by atoms with van der Waals surface area (Å²) in [4.78, 5) is 18.0. The number of Topliss-reactive ketones (excluding diaryl/α,β-unsaturated/α-hetero) is 1. The fourth-order valence-electron chi connectivity index (χ4n) is 4.83. The van der Waals surface area contributed by atoms with Gasteiger partial charge in [0.2, 0.25) is 5.95 Å². The average Bonchev–Trinajstić information content (AvgIpc) is 3.34. The van der Waals surface area contributed by atoms with Gasteiger partial charge in [0, 0.05) is 29.3 Å². The van der Waals surface area contributed by atoms with Crippen molar-refractivity contribution in [3.63, 3.8) is 0 Å². The van der Waals surface area contributed by atoms with Crippen molar-refractivity contribution in [3.05, 3.63) is 65.1 Å². The van der Waals surface area contributed by atoms with Gasteiger partial charge in [-0.2, -0.15) is 10.1 Å². The van der Waals surface area contributed by atoms with Crippen LogP contribution in [0.5, 0.6) is 23.0 Å². The van der Waals surface area contributed by atoms with Gasteiger partial charge in [0.05, 0.1) is 28.4 Å². The molecule has 5 rings (SSSR count). The van der Waals surface area contributed by atoms with Gasteiger partial charge in [0.25, 0.3) is 0 Å². The van der Waals surface area contributed by atoms with E-state index >= 15 is 0 Å². The summed E-state index contributed by atoms with van der Waals surface area (Å²) in [6.07, 6.45) is 2.51. The van der Waals surface area contributed by atoms with Crippen molar-refractivity contribution in [1.29, 1.82) is 0 Å². The maximum absolute atomic E-state index is 13.6. The molecule has 9 heteroatoms. The summed E-state index contributed by atoms with van der Waals surface area (Å²) < 4.78 is 23.6. The quantitative estimate of drug-likeness (QED) is 0.592. The van der Waals surface area contributed by atoms with Crippen LogP contribution in [-0.4, -0.2) is 49.0 Å². The molecule has 34 heavy (non-hydrogen) atoms. The van der Waals surface area contributed by atoms with Crippen molar-refractivity contribution in [2.45, 2.75) is 24.8 Å². The van der Waals surface area contributed by atoms with Gasteiger partial charge in [-0.15, -0.1) is 0 Å². The highest BCUT2D eigenvalue weighted by molar-refractivity contribution is 6.00. The molecule has 0 radical (unpaired) electrons. The molecule has 1 N–H and O–H groups in total. The number of carbonyl (C=O) groups is 1. The lowest BCUT2D eigenvalue weighted by atomic mass is 9.77. The summed E-state index contributed by atoms with van der Waals surface area (Å²) in [5.74, 6) is 3.22. The molecule has 1 aliphatic carbocycles. The Balaban J connectivity index is 1.58. The van der Waals surface area contributed by atoms with Crippen molar-refractivity contribution >= 4 is 11.7 Å². The van der Waals surface area contributed by atoms with Crippen LogP contribution in [0.4, 0.5) is 5.95 Å². The van der Waals surface area contributed by atoms with E-state index in [-0.39, 0.29) is 11.7 Å². The number of ketones is 1. The first-order chi connectivity index (χ1) is 16.6. The number of methoxy groups -OCH3 is 4. The number of nitrogens with zero attached hydrogens (tertiary/aromatic N) is 3. The number of allylic oxidation sites excluding steroid dienone is 2. The third-order valence-corrected chi connectivity index (χ3v) is 6.48. The lowest BCUT2D eigenvalue weighted by Crippen LogP contribution is -2.33. The van der Waals surface area contributed by atoms with Gasteiger partial charge >= 0.3 is 0 Å². The molecule has 0 bridgehead atoms. The molecule has 0 saturated heterocycles. The third kappa shape index (κ3) is 3.53. The Kier molecular flexibility index (Phi) is 5.61. The van der Waals surface area contributed by atoms with Crippen LogP contribution >= 0.6 is 0 Å². The van der Waals surface area contributed by atoms with Gasteiger partial charge in [-0.3, -0.25) is 4.79 Å². The van der Waals surface area contributed by atoms with E-state index in [9.17, 15) is 4.79 Å². The zero-order valence-corrected chi connectivity index (χ0v) is 19.5. The van der Waals surface area contributed by atoms with E-state index < -0.39 is 6.04 Å². The number of hydrogen-bond acceptors (Lipinski definition) is 8. The van der Waals surface area contributed by atoms with E-state index in [4.69, 9.17) is 18.9 Å². The molecule has 0 unspecified atom stereocenters. The van der Waals surface area contributed by atoms with Crippen molar-refractivity contribution in [3.8, 4) is 23.0 Å². The summed E-state index contributed by atoms with van der Waals surface area (Å²) >= 11 is 0. The molecule has 176 valence electrons. The van der Waals surface area contributed by atoms with Gasteiger partial charge < -0.3 is 24.3 Å². The van der Waals surface area contributed by atoms with Crippen LogP contribution < -0.4 is 24.3 Å². The summed E-state index contributed by atoms with van der Waals surface area (Å²) in [6, 6.07) is 10.9. The van der Waals surface area contributed by atoms with E-state index in [1.807, 2.05) is 36.4 Å². The normalized spacial score (nSPS) is 19.1. The van der Waals surface area contributed by atoms with Gasteiger partial charge in [-0.25, -0.2) is 4.68 Å². The van der Waals surface area contributed by atoms with E-state index in [2.05, 4.69) is 15.4 Å². The Morgan fingerprint density at radius 1 is 0.912 bits per heavy atom. The Labute approximate surface area is 197 Å². The van der Waals surface area contributed by atoms with Crippen LogP contribution in [0.25, 0.3) is 0 Å². The van der Waals surface area contributed by atoms with Crippen LogP contribution in [0.3, 0.4) is 0 Å². The number of aromatic nitrogens is 3. The molecule has 2 aromatic carbocycles. The van der Waals surface area contributed by atoms with Crippen LogP contribution in [0.15, 0.2) is 54.0 Å². The van der Waals surface area contributed by atoms with E-state index in [1.165, 1.54) is 6.33 Å². The Morgan fingerprint density at radius 2 is 1.71 bits per heavy atom. The number of hydrogen-bond donors (Lipinski definition) is 1. The highest BCUT2D eigenvalue weighted by atomic mass is 16.5. The molecule has 3 aromatic rings. The molecule has 2 atom stereocenters. The number of carbonyl (C=O) groups excluding carboxylic acids is 1. The zero-order chi connectivity index (χ0) is 23.8. The Hall–Kier alpha value is -4.01. The lowest BCUT2D eigenvalue weighted by Gasteiger charge is -2.35. The molecular weight excluding hydrogens is 436 g/mol. The second kappa shape index (κ2) is 8.74. The number of fused-ring (bicyclic) bond motifs is 1. The van der Waals surface area contributed by atoms with Crippen LogP contribution in [0.1, 0.15) is 35.9 Å². The number of benzene rings is 2. The van der Waals surface area contributed by atoms with Gasteiger partial charge in [0.1, 0.15) is 23.9 Å². The molecule has 2 heterocycles. The summed E-state index contributed by atoms with van der Waals surface area (Å²) in [6.45, 7) is 0. The van der Waals surface area contributed by atoms with E-state index in [0.717, 1.165) is 16.8 Å². The maximum Gasteiger partial charge on any atom is 0.226 e. The lowest BCUT2D eigenvalue weighted by molar-refractivity contribution is -0.116. The second-order valence-corrected chi connectivity index (χ2v) is 8.20. The molecule has 0 saturated carbocycles. The standard InChI is InChI=1S/C25H26N4O5/c1-31-16-6-7-17(21(12-16)33-3)24-23-18(28-25-26-13-27-29(24)25)9-15(10-19(23)30)14-5-8-20(32-2)22(11-14)34-4/h5-8,11-13,15,24H,9-10H2,1-4H3,(H,26,27,28)/t15-,24+/m1/s1. The number of ether oxygens (including phenoxy) is 4. The van der Waals surface area contributed by atoms with Crippen LogP contribution in [0.2, 0.25) is 0 Å². The summed E-state index contributed by atoms with van der Waals surface area (Å²) in [5.41, 5.74) is 3.37. The minimum atomic E-state index is -0.451. The molecular formula is C25H26N4O5. The zero-order valence-electron chi connectivity index (χ0n) is 19.5. The van der Waals surface area contributed by atoms with Gasteiger partial charge in [-0.05, 0) is 42.2 Å². The highest BCUT2D eigenvalue weighted by Crippen LogP contribution is 2.46. The molecule has 0 spiro atoms. The first-order valence-electron chi connectivity index (χ1n) is 10.9. The number of anilines is 1. The van der Waals surface area contributed by atoms with Gasteiger partial charge in [-0.1, -0.05) is 6.07 Å². The van der Waals surface area contributed by atoms with Crippen molar-refractivity contribution in [1.82, 2.24) is 14.8 Å².